The van der Waals surface area contributed by atoms with Gasteiger partial charge in [-0.05, 0) is 104 Å². The Morgan fingerprint density at radius 3 is 1.96 bits per heavy atom. The molecule has 7 aliphatic rings. The second kappa shape index (κ2) is 23.7. The molecule has 0 radical (unpaired) electrons. The Balaban J connectivity index is 1.18. The molecule has 0 spiro atoms. The maximum absolute atomic E-state index is 15.5. The van der Waals surface area contributed by atoms with E-state index in [1.807, 2.05) is 0 Å². The fourth-order valence-electron chi connectivity index (χ4n) is 14.8. The van der Waals surface area contributed by atoms with Crippen molar-refractivity contribution in [3.63, 3.8) is 0 Å². The van der Waals surface area contributed by atoms with Crippen molar-refractivity contribution in [2.45, 2.75) is 216 Å². The third-order valence-electron chi connectivity index (χ3n) is 19.5. The van der Waals surface area contributed by atoms with Gasteiger partial charge in [0, 0.05) is 12.2 Å². The minimum absolute atomic E-state index is 0.0700. The number of carboxylic acids is 2. The van der Waals surface area contributed by atoms with Gasteiger partial charge in [-0.25, -0.2) is 4.79 Å². The summed E-state index contributed by atoms with van der Waals surface area (Å²) in [5.41, 5.74) is -4.97. The Hall–Kier alpha value is -3.32. The number of allylic oxidation sites excluding steroid dienone is 2. The summed E-state index contributed by atoms with van der Waals surface area (Å²) in [6.45, 7) is 12.9. The van der Waals surface area contributed by atoms with E-state index in [1.165, 1.54) is 0 Å². The maximum atomic E-state index is 15.5. The number of esters is 2. The number of rotatable bonds is 19. The van der Waals surface area contributed by atoms with Gasteiger partial charge >= 0.3 is 23.9 Å². The number of aliphatic hydroxyl groups is 12. The van der Waals surface area contributed by atoms with E-state index in [0.717, 1.165) is 12.5 Å². The zero-order valence-electron chi connectivity index (χ0n) is 45.6. The van der Waals surface area contributed by atoms with Gasteiger partial charge in [0.2, 0.25) is 6.29 Å². The number of carbonyl (C=O) groups is 4. The molecular formula is C54H84O25. The van der Waals surface area contributed by atoms with E-state index in [2.05, 4.69) is 47.3 Å². The number of aliphatic carboxylic acids is 2. The number of fused-ring (bicyclic) bond motifs is 5. The molecule has 79 heavy (non-hydrogen) atoms. The molecule has 24 atom stereocenters. The lowest BCUT2D eigenvalue weighted by Crippen LogP contribution is -2.67. The van der Waals surface area contributed by atoms with Crippen molar-refractivity contribution >= 4 is 23.9 Å². The first-order chi connectivity index (χ1) is 36.7. The second-order valence-electron chi connectivity index (χ2n) is 25.1. The number of carbonyl (C=O) groups excluding carboxylic acids is 2. The van der Waals surface area contributed by atoms with E-state index in [9.17, 15) is 80.8 Å². The fraction of sp³-hybridized carbons (Fsp3) is 0.852. The SMILES string of the molecule is C=C(C(=O)O)[C@@H]1CC[C@]2(C)[C@H](CC=C3[C@@H]4CC(C)(C)CC[C@]4(C(=O)O[C@@H]4O[C@H](CO[C@H]5O[C@@H](COC(=O)C[C@@](C)(O)CC(=O)O)[C@H](O)[C@@H](O)[C@@H]5O)[C@@H](O)[C@H](O[C@H]5O[C@@H](CO)[C@H](O)[C@@H](O)[C@@H]5O)[C@H]4O)[C@H](O)C[C@]32C)[C@@]1(C)CCCO. The molecule has 6 fully saturated rings. The van der Waals surface area contributed by atoms with E-state index in [0.29, 0.717) is 44.9 Å². The van der Waals surface area contributed by atoms with Crippen LogP contribution >= 0.6 is 0 Å². The van der Waals surface area contributed by atoms with Crippen LogP contribution < -0.4 is 0 Å². The van der Waals surface area contributed by atoms with E-state index in [4.69, 9.17) is 38.3 Å². The summed E-state index contributed by atoms with van der Waals surface area (Å²) in [5, 5.41) is 151. The number of aliphatic hydroxyl groups excluding tert-OH is 11. The smallest absolute Gasteiger partial charge is 0.331 e. The highest BCUT2D eigenvalue weighted by Gasteiger charge is 2.71. The van der Waals surface area contributed by atoms with Gasteiger partial charge in [-0.2, -0.15) is 0 Å². The zero-order chi connectivity index (χ0) is 58.7. The van der Waals surface area contributed by atoms with E-state index in [-0.39, 0.29) is 36.4 Å². The van der Waals surface area contributed by atoms with Crippen LogP contribution in [-0.2, 0) is 52.3 Å². The summed E-state index contributed by atoms with van der Waals surface area (Å²) >= 11 is 0. The Bertz CT molecular complexity index is 2260. The molecule has 3 saturated carbocycles. The average molecular weight is 1130 g/mol. The first-order valence-electron chi connectivity index (χ1n) is 27.3. The van der Waals surface area contributed by atoms with E-state index in [1.54, 1.807) is 0 Å². The normalized spacial score (nSPS) is 45.5. The lowest BCUT2D eigenvalue weighted by Gasteiger charge is -2.69. The molecule has 0 amide bonds. The minimum atomic E-state index is -2.16. The van der Waals surface area contributed by atoms with Gasteiger partial charge in [-0.15, -0.1) is 0 Å². The monoisotopic (exact) mass is 1130 g/mol. The predicted octanol–water partition coefficient (Wildman–Crippen LogP) is -1.49. The van der Waals surface area contributed by atoms with Crippen LogP contribution in [0.4, 0.5) is 0 Å². The predicted molar refractivity (Wildman–Crippen MR) is 267 cm³/mol. The molecule has 0 aromatic rings. The quantitative estimate of drug-likeness (QED) is 0.0398. The van der Waals surface area contributed by atoms with Crippen LogP contribution in [0.5, 0.6) is 0 Å². The summed E-state index contributed by atoms with van der Waals surface area (Å²) in [7, 11) is 0. The molecule has 450 valence electrons. The van der Waals surface area contributed by atoms with Crippen molar-refractivity contribution in [3.8, 4) is 0 Å². The van der Waals surface area contributed by atoms with Gasteiger partial charge < -0.3 is 105 Å². The Kier molecular flexibility index (Phi) is 19.0. The van der Waals surface area contributed by atoms with Crippen LogP contribution in [0.15, 0.2) is 23.8 Å². The fourth-order valence-corrected chi connectivity index (χ4v) is 14.8. The van der Waals surface area contributed by atoms with Gasteiger partial charge in [0.15, 0.2) is 12.6 Å². The first-order valence-corrected chi connectivity index (χ1v) is 27.3. The molecule has 3 heterocycles. The summed E-state index contributed by atoms with van der Waals surface area (Å²) < 4.78 is 40.3. The van der Waals surface area contributed by atoms with Crippen LogP contribution in [-0.4, -0.2) is 226 Å². The van der Waals surface area contributed by atoms with E-state index >= 15 is 4.79 Å². The highest BCUT2D eigenvalue weighted by Crippen LogP contribution is 2.74. The lowest BCUT2D eigenvalue weighted by molar-refractivity contribution is -0.363. The van der Waals surface area contributed by atoms with Gasteiger partial charge in [0.05, 0.1) is 37.8 Å². The molecule has 0 unspecified atom stereocenters. The highest BCUT2D eigenvalue weighted by atomic mass is 16.8. The van der Waals surface area contributed by atoms with Crippen LogP contribution in [0.1, 0.15) is 112 Å². The van der Waals surface area contributed by atoms with Crippen molar-refractivity contribution in [2.75, 3.05) is 26.4 Å². The van der Waals surface area contributed by atoms with Crippen LogP contribution in [0, 0.1) is 44.8 Å². The topological polar surface area (TPSA) is 416 Å². The average Bonchev–Trinajstić information content (AvgIpc) is 1.76. The molecule has 3 saturated heterocycles. The molecule has 25 heteroatoms. The van der Waals surface area contributed by atoms with Gasteiger partial charge in [0.25, 0.3) is 0 Å². The number of ether oxygens (including phenoxy) is 7. The third-order valence-corrected chi connectivity index (χ3v) is 19.5. The van der Waals surface area contributed by atoms with Crippen LogP contribution in [0.25, 0.3) is 0 Å². The van der Waals surface area contributed by atoms with E-state index < -0.39 is 194 Å². The molecule has 0 aromatic carbocycles. The standard InChI is InChI=1S/C54H84O25/c1-24(44(69)70)25-11-13-52(6)31(51(25,5)12-8-16-55)10-9-26-27-17-49(2,3)14-15-54(27,32(57)18-53(26,52)7)48(71)79-47-42(68)43(78-46-41(67)38(64)35(61)28(21-56)75-46)37(63)30(77-47)23-74-45-40(66)39(65)36(62)29(76-45)22-73-34(60)20-50(4,72)19-33(58)59/h9,25,27-32,35-43,45-47,55-57,61-68,72H,1,8,10-23H2,2-7H3,(H,58,59)(H,69,70)/t25-,27-,28-,29-,30+,31+,32+,35-,36-,37+,38+,39+,40-,41-,42+,43-,45-,46+,47-,50-,51-,52+,53+,54+/m0/s1. The van der Waals surface area contributed by atoms with Crippen molar-refractivity contribution in [1.82, 2.24) is 0 Å². The summed E-state index contributed by atoms with van der Waals surface area (Å²) in [6, 6.07) is 0. The summed E-state index contributed by atoms with van der Waals surface area (Å²) in [6.07, 6.45) is -26.2. The Labute approximate surface area is 457 Å². The molecule has 14 N–H and O–H groups in total. The molecule has 0 bridgehead atoms. The number of hydrogen-bond acceptors (Lipinski definition) is 23. The Morgan fingerprint density at radius 2 is 1.34 bits per heavy atom. The van der Waals surface area contributed by atoms with Crippen molar-refractivity contribution in [2.24, 2.45) is 44.8 Å². The van der Waals surface area contributed by atoms with Gasteiger partial charge in [0.1, 0.15) is 85.3 Å². The second-order valence-corrected chi connectivity index (χ2v) is 25.1. The lowest BCUT2D eigenvalue weighted by atomic mass is 9.35. The van der Waals surface area contributed by atoms with Gasteiger partial charge in [-0.3, -0.25) is 14.4 Å². The van der Waals surface area contributed by atoms with Crippen molar-refractivity contribution in [1.29, 1.82) is 0 Å². The Morgan fingerprint density at radius 1 is 0.734 bits per heavy atom. The molecule has 4 aliphatic carbocycles. The first kappa shape index (κ1) is 63.3. The number of carboxylic acid groups (broad SMARTS) is 2. The molecular weight excluding hydrogens is 1050 g/mol. The van der Waals surface area contributed by atoms with Gasteiger partial charge in [-0.1, -0.05) is 52.8 Å². The summed E-state index contributed by atoms with van der Waals surface area (Å²) in [4.78, 5) is 51.6. The van der Waals surface area contributed by atoms with Crippen LogP contribution in [0.2, 0.25) is 0 Å². The molecule has 0 aromatic heterocycles. The highest BCUT2D eigenvalue weighted by molar-refractivity contribution is 5.86. The molecule has 7 rings (SSSR count). The van der Waals surface area contributed by atoms with Crippen molar-refractivity contribution < 1.29 is 124 Å². The molecule has 3 aliphatic heterocycles. The van der Waals surface area contributed by atoms with Crippen molar-refractivity contribution in [3.05, 3.63) is 23.8 Å². The third kappa shape index (κ3) is 11.8. The maximum Gasteiger partial charge on any atom is 0.331 e. The molecule has 25 nitrogen and oxygen atoms in total. The largest absolute Gasteiger partial charge is 0.481 e. The number of hydrogen-bond donors (Lipinski definition) is 14. The summed E-state index contributed by atoms with van der Waals surface area (Å²) in [5.74, 6) is -5.77. The minimum Gasteiger partial charge on any atom is -0.481 e. The zero-order valence-corrected chi connectivity index (χ0v) is 45.6. The van der Waals surface area contributed by atoms with Crippen LogP contribution in [0.3, 0.4) is 0 Å².